The Morgan fingerprint density at radius 1 is 1.17 bits per heavy atom. The Morgan fingerprint density at radius 3 is 2.74 bits per heavy atom. The first-order valence-electron chi connectivity index (χ1n) is 7.80. The molecule has 2 aromatic rings. The zero-order valence-electron chi connectivity index (χ0n) is 13.9. The van der Waals surface area contributed by atoms with Crippen molar-refractivity contribution in [1.82, 2.24) is 15.2 Å². The molecule has 0 unspecified atom stereocenters. The van der Waals surface area contributed by atoms with Crippen LogP contribution in [0, 0.1) is 0 Å². The van der Waals surface area contributed by atoms with E-state index in [2.05, 4.69) is 58.6 Å². The molecule has 0 aliphatic heterocycles. The molecule has 1 aromatic heterocycles. The summed E-state index contributed by atoms with van der Waals surface area (Å²) in [4.78, 5) is 10.8. The molecule has 1 aromatic carbocycles. The summed E-state index contributed by atoms with van der Waals surface area (Å²) in [6, 6.07) is 14.3. The molecule has 122 valence electrons. The summed E-state index contributed by atoms with van der Waals surface area (Å²) < 4.78 is 0. The van der Waals surface area contributed by atoms with Crippen LogP contribution in [-0.2, 0) is 19.5 Å². The molecule has 0 aliphatic rings. The zero-order chi connectivity index (χ0) is 16.5. The minimum absolute atomic E-state index is 0.471. The van der Waals surface area contributed by atoms with Gasteiger partial charge in [-0.15, -0.1) is 0 Å². The Morgan fingerprint density at radius 2 is 2.00 bits per heavy atom. The first-order valence-corrected chi connectivity index (χ1v) is 7.80. The number of hydrogen-bond acceptors (Lipinski definition) is 3. The number of hydrogen-bond donors (Lipinski definition) is 2. The van der Waals surface area contributed by atoms with Crippen LogP contribution in [0.1, 0.15) is 16.8 Å². The highest BCUT2D eigenvalue weighted by Gasteiger charge is 1.99. The van der Waals surface area contributed by atoms with E-state index in [0.717, 1.165) is 25.2 Å². The Bertz CT molecular complexity index is 622. The molecule has 0 bridgehead atoms. The Hall–Kier alpha value is -2.40. The van der Waals surface area contributed by atoms with Crippen LogP contribution < -0.4 is 11.1 Å². The Kier molecular flexibility index (Phi) is 6.56. The van der Waals surface area contributed by atoms with E-state index < -0.39 is 0 Å². The third-order valence-electron chi connectivity index (χ3n) is 3.34. The second-order valence-electron chi connectivity index (χ2n) is 5.76. The molecule has 0 amide bonds. The van der Waals surface area contributed by atoms with E-state index in [-0.39, 0.29) is 0 Å². The summed E-state index contributed by atoms with van der Waals surface area (Å²) in [5, 5.41) is 3.13. The van der Waals surface area contributed by atoms with Crippen LogP contribution in [0.3, 0.4) is 0 Å². The number of guanidine groups is 1. The first kappa shape index (κ1) is 17.0. The second kappa shape index (κ2) is 8.90. The minimum atomic E-state index is 0.471. The lowest BCUT2D eigenvalue weighted by Gasteiger charge is -2.10. The molecule has 1 heterocycles. The normalized spacial score (nSPS) is 11.7. The van der Waals surface area contributed by atoms with Crippen molar-refractivity contribution >= 4 is 5.96 Å². The number of nitrogens with one attached hydrogen (secondary N) is 1. The topological polar surface area (TPSA) is 66.5 Å². The van der Waals surface area contributed by atoms with Gasteiger partial charge >= 0.3 is 0 Å². The standard InChI is InChI=1S/C18H25N5/c1-23(2)14-16-7-5-6-15(12-16)13-22-18(19)21-11-9-17-8-3-4-10-20-17/h3-8,10,12H,9,11,13-14H2,1-2H3,(H3,19,21,22). The highest BCUT2D eigenvalue weighted by Crippen LogP contribution is 2.08. The van der Waals surface area contributed by atoms with Crippen molar-refractivity contribution in [2.45, 2.75) is 19.5 Å². The SMILES string of the molecule is CN(C)Cc1cccc(CN=C(N)NCCc2ccccn2)c1. The van der Waals surface area contributed by atoms with E-state index in [4.69, 9.17) is 5.73 Å². The Labute approximate surface area is 138 Å². The van der Waals surface area contributed by atoms with Crippen molar-refractivity contribution in [3.63, 3.8) is 0 Å². The molecule has 0 fully saturated rings. The van der Waals surface area contributed by atoms with Crippen LogP contribution in [-0.4, -0.2) is 36.5 Å². The molecular formula is C18H25N5. The van der Waals surface area contributed by atoms with E-state index in [9.17, 15) is 0 Å². The van der Waals surface area contributed by atoms with Crippen molar-refractivity contribution in [2.75, 3.05) is 20.6 Å². The maximum absolute atomic E-state index is 5.91. The van der Waals surface area contributed by atoms with Gasteiger partial charge in [-0.1, -0.05) is 30.3 Å². The van der Waals surface area contributed by atoms with Gasteiger partial charge in [-0.2, -0.15) is 0 Å². The molecule has 5 nitrogen and oxygen atoms in total. The van der Waals surface area contributed by atoms with E-state index in [1.54, 1.807) is 6.20 Å². The van der Waals surface area contributed by atoms with Crippen LogP contribution in [0.15, 0.2) is 53.7 Å². The first-order chi connectivity index (χ1) is 11.1. The number of aromatic nitrogens is 1. The predicted octanol–water partition coefficient (Wildman–Crippen LogP) is 1.79. The molecule has 5 heteroatoms. The molecule has 0 spiro atoms. The molecule has 0 radical (unpaired) electrons. The smallest absolute Gasteiger partial charge is 0.188 e. The van der Waals surface area contributed by atoms with Crippen molar-refractivity contribution in [1.29, 1.82) is 0 Å². The number of benzene rings is 1. The average Bonchev–Trinajstić information content (AvgIpc) is 2.54. The van der Waals surface area contributed by atoms with Crippen LogP contribution in [0.25, 0.3) is 0 Å². The maximum Gasteiger partial charge on any atom is 0.188 e. The molecule has 0 atom stereocenters. The van der Waals surface area contributed by atoms with Crippen molar-refractivity contribution < 1.29 is 0 Å². The van der Waals surface area contributed by atoms with E-state index in [1.807, 2.05) is 18.2 Å². The summed E-state index contributed by atoms with van der Waals surface area (Å²) in [6.07, 6.45) is 2.63. The minimum Gasteiger partial charge on any atom is -0.370 e. The number of nitrogens with two attached hydrogens (primary N) is 1. The van der Waals surface area contributed by atoms with Gasteiger partial charge in [0.15, 0.2) is 5.96 Å². The quantitative estimate of drug-likeness (QED) is 0.604. The predicted molar refractivity (Wildman–Crippen MR) is 95.1 cm³/mol. The fourth-order valence-electron chi connectivity index (χ4n) is 2.29. The van der Waals surface area contributed by atoms with Crippen LogP contribution in [0.2, 0.25) is 0 Å². The lowest BCUT2D eigenvalue weighted by atomic mass is 10.1. The molecule has 23 heavy (non-hydrogen) atoms. The summed E-state index contributed by atoms with van der Waals surface area (Å²) in [5.74, 6) is 0.471. The van der Waals surface area contributed by atoms with Gasteiger partial charge in [0, 0.05) is 31.4 Å². The number of aliphatic imine (C=N–C) groups is 1. The van der Waals surface area contributed by atoms with Gasteiger partial charge in [-0.3, -0.25) is 4.98 Å². The highest BCUT2D eigenvalue weighted by atomic mass is 15.1. The van der Waals surface area contributed by atoms with E-state index in [0.29, 0.717) is 12.5 Å². The molecular weight excluding hydrogens is 286 g/mol. The molecule has 0 saturated heterocycles. The third-order valence-corrected chi connectivity index (χ3v) is 3.34. The van der Waals surface area contributed by atoms with Gasteiger partial charge in [-0.05, 0) is 37.4 Å². The summed E-state index contributed by atoms with van der Waals surface area (Å²) in [7, 11) is 4.13. The lowest BCUT2D eigenvalue weighted by Crippen LogP contribution is -2.33. The second-order valence-corrected chi connectivity index (χ2v) is 5.76. The summed E-state index contributed by atoms with van der Waals surface area (Å²) in [5.41, 5.74) is 9.41. The van der Waals surface area contributed by atoms with Gasteiger partial charge in [0.1, 0.15) is 0 Å². The van der Waals surface area contributed by atoms with Crippen molar-refractivity contribution in [2.24, 2.45) is 10.7 Å². The number of nitrogens with zero attached hydrogens (tertiary/aromatic N) is 3. The monoisotopic (exact) mass is 311 g/mol. The van der Waals surface area contributed by atoms with Gasteiger partial charge in [-0.25, -0.2) is 4.99 Å². The number of pyridine rings is 1. The van der Waals surface area contributed by atoms with Crippen LogP contribution in [0.4, 0.5) is 0 Å². The largest absolute Gasteiger partial charge is 0.370 e. The van der Waals surface area contributed by atoms with Crippen molar-refractivity contribution in [3.8, 4) is 0 Å². The van der Waals surface area contributed by atoms with E-state index >= 15 is 0 Å². The fourth-order valence-corrected chi connectivity index (χ4v) is 2.29. The molecule has 2 rings (SSSR count). The van der Waals surface area contributed by atoms with Crippen LogP contribution >= 0.6 is 0 Å². The Balaban J connectivity index is 1.80. The fraction of sp³-hybridized carbons (Fsp3) is 0.333. The van der Waals surface area contributed by atoms with Crippen LogP contribution in [0.5, 0.6) is 0 Å². The maximum atomic E-state index is 5.91. The number of rotatable bonds is 7. The summed E-state index contributed by atoms with van der Waals surface area (Å²) in [6.45, 7) is 2.24. The van der Waals surface area contributed by atoms with Gasteiger partial charge in [0.05, 0.1) is 6.54 Å². The zero-order valence-corrected chi connectivity index (χ0v) is 13.9. The van der Waals surface area contributed by atoms with E-state index in [1.165, 1.54) is 11.1 Å². The summed E-state index contributed by atoms with van der Waals surface area (Å²) >= 11 is 0. The highest BCUT2D eigenvalue weighted by molar-refractivity contribution is 5.77. The third kappa shape index (κ3) is 6.48. The molecule has 0 saturated carbocycles. The van der Waals surface area contributed by atoms with Gasteiger partial charge in [0.2, 0.25) is 0 Å². The lowest BCUT2D eigenvalue weighted by molar-refractivity contribution is 0.402. The van der Waals surface area contributed by atoms with Crippen molar-refractivity contribution in [3.05, 3.63) is 65.5 Å². The van der Waals surface area contributed by atoms with Gasteiger partial charge < -0.3 is 16.0 Å². The average molecular weight is 311 g/mol. The molecule has 3 N–H and O–H groups in total. The van der Waals surface area contributed by atoms with Gasteiger partial charge in [0.25, 0.3) is 0 Å². The molecule has 0 aliphatic carbocycles.